The van der Waals surface area contributed by atoms with E-state index >= 15 is 0 Å². The zero-order chi connectivity index (χ0) is 18.1. The second-order valence-corrected chi connectivity index (χ2v) is 6.57. The summed E-state index contributed by atoms with van der Waals surface area (Å²) in [6.45, 7) is 5.44. The van der Waals surface area contributed by atoms with Crippen LogP contribution >= 0.6 is 11.6 Å². The van der Waals surface area contributed by atoms with Crippen LogP contribution in [0, 0.1) is 0 Å². The molecule has 4 heteroatoms. The molecule has 0 amide bonds. The Morgan fingerprint density at radius 1 is 0.840 bits per heavy atom. The molecule has 2 aromatic rings. The van der Waals surface area contributed by atoms with Gasteiger partial charge in [-0.25, -0.2) is 0 Å². The van der Waals surface area contributed by atoms with Gasteiger partial charge in [0.1, 0.15) is 11.5 Å². The molecular formula is C21H28ClNO2. The van der Waals surface area contributed by atoms with Gasteiger partial charge < -0.3 is 14.4 Å². The first-order valence-electron chi connectivity index (χ1n) is 8.84. The number of rotatable bonds is 10. The van der Waals surface area contributed by atoms with E-state index in [0.717, 1.165) is 50.4 Å². The van der Waals surface area contributed by atoms with Crippen molar-refractivity contribution < 1.29 is 9.47 Å². The van der Waals surface area contributed by atoms with Crippen molar-refractivity contribution in [3.05, 3.63) is 58.6 Å². The number of methoxy groups -OCH3 is 2. The molecule has 0 aliphatic heterocycles. The van der Waals surface area contributed by atoms with Gasteiger partial charge in [0.15, 0.2) is 0 Å². The average Bonchev–Trinajstić information content (AvgIpc) is 2.65. The molecule has 0 spiro atoms. The minimum Gasteiger partial charge on any atom is -0.497 e. The van der Waals surface area contributed by atoms with Crippen LogP contribution < -0.4 is 9.47 Å². The van der Waals surface area contributed by atoms with Gasteiger partial charge in [0.2, 0.25) is 0 Å². The van der Waals surface area contributed by atoms with E-state index in [0.29, 0.717) is 5.02 Å². The van der Waals surface area contributed by atoms with Crippen LogP contribution in [0.2, 0.25) is 5.02 Å². The predicted octanol–water partition coefficient (Wildman–Crippen LogP) is 4.85. The summed E-state index contributed by atoms with van der Waals surface area (Å²) in [6.07, 6.45) is 3.20. The third kappa shape index (κ3) is 6.26. The lowest BCUT2D eigenvalue weighted by molar-refractivity contribution is 0.281. The average molecular weight is 362 g/mol. The third-order valence-electron chi connectivity index (χ3n) is 4.35. The summed E-state index contributed by atoms with van der Waals surface area (Å²) in [5, 5.41) is 0.663. The lowest BCUT2D eigenvalue weighted by Gasteiger charge is -2.22. The van der Waals surface area contributed by atoms with Crippen LogP contribution in [0.5, 0.6) is 11.5 Å². The molecule has 0 N–H and O–H groups in total. The highest BCUT2D eigenvalue weighted by Crippen LogP contribution is 2.25. The fourth-order valence-corrected chi connectivity index (χ4v) is 3.07. The lowest BCUT2D eigenvalue weighted by atomic mass is 10.1. The summed E-state index contributed by atoms with van der Waals surface area (Å²) in [7, 11) is 3.35. The van der Waals surface area contributed by atoms with Gasteiger partial charge in [-0.05, 0) is 61.2 Å². The Morgan fingerprint density at radius 2 is 1.48 bits per heavy atom. The second kappa shape index (κ2) is 10.3. The molecule has 25 heavy (non-hydrogen) atoms. The maximum absolute atomic E-state index is 6.10. The van der Waals surface area contributed by atoms with Gasteiger partial charge in [-0.3, -0.25) is 0 Å². The standard InChI is InChI=1S/C21H28ClNO2/c1-4-13-23(14-11-17-5-8-19(24-2)9-6-17)15-12-18-7-10-20(22)21(16-18)25-3/h5-10,16H,4,11-15H2,1-3H3. The molecule has 0 aromatic heterocycles. The number of halogens is 1. The van der Waals surface area contributed by atoms with Gasteiger partial charge in [0.25, 0.3) is 0 Å². The third-order valence-corrected chi connectivity index (χ3v) is 4.66. The summed E-state index contributed by atoms with van der Waals surface area (Å²) in [6, 6.07) is 14.4. The molecule has 0 fully saturated rings. The maximum Gasteiger partial charge on any atom is 0.137 e. The van der Waals surface area contributed by atoms with E-state index < -0.39 is 0 Å². The van der Waals surface area contributed by atoms with Gasteiger partial charge in [0, 0.05) is 13.1 Å². The largest absolute Gasteiger partial charge is 0.497 e. The van der Waals surface area contributed by atoms with Crippen LogP contribution in [0.3, 0.4) is 0 Å². The van der Waals surface area contributed by atoms with Crippen molar-refractivity contribution in [1.29, 1.82) is 0 Å². The highest BCUT2D eigenvalue weighted by atomic mass is 35.5. The van der Waals surface area contributed by atoms with Gasteiger partial charge in [-0.15, -0.1) is 0 Å². The molecule has 0 radical (unpaired) electrons. The minimum absolute atomic E-state index is 0.663. The van der Waals surface area contributed by atoms with E-state index in [-0.39, 0.29) is 0 Å². The number of hydrogen-bond donors (Lipinski definition) is 0. The predicted molar refractivity (Wildman–Crippen MR) is 105 cm³/mol. The van der Waals surface area contributed by atoms with Crippen LogP contribution in [0.1, 0.15) is 24.5 Å². The lowest BCUT2D eigenvalue weighted by Crippen LogP contribution is -2.29. The molecule has 0 heterocycles. The Labute approximate surface area is 156 Å². The molecule has 0 aliphatic rings. The van der Waals surface area contributed by atoms with Crippen molar-refractivity contribution in [1.82, 2.24) is 4.90 Å². The molecular weight excluding hydrogens is 334 g/mol. The molecule has 0 bridgehead atoms. The zero-order valence-corrected chi connectivity index (χ0v) is 16.2. The maximum atomic E-state index is 6.10. The summed E-state index contributed by atoms with van der Waals surface area (Å²) < 4.78 is 10.5. The molecule has 0 aliphatic carbocycles. The van der Waals surface area contributed by atoms with Crippen molar-refractivity contribution >= 4 is 11.6 Å². The quantitative estimate of drug-likeness (QED) is 0.603. The van der Waals surface area contributed by atoms with Gasteiger partial charge >= 0.3 is 0 Å². The number of ether oxygens (including phenoxy) is 2. The van der Waals surface area contributed by atoms with Gasteiger partial charge in [0.05, 0.1) is 19.2 Å². The van der Waals surface area contributed by atoms with Crippen LogP contribution in [-0.2, 0) is 12.8 Å². The monoisotopic (exact) mass is 361 g/mol. The van der Waals surface area contributed by atoms with Crippen LogP contribution in [0.4, 0.5) is 0 Å². The normalized spacial score (nSPS) is 10.9. The van der Waals surface area contributed by atoms with Crippen LogP contribution in [-0.4, -0.2) is 38.8 Å². The molecule has 0 saturated heterocycles. The fraction of sp³-hybridized carbons (Fsp3) is 0.429. The van der Waals surface area contributed by atoms with Crippen molar-refractivity contribution in [2.24, 2.45) is 0 Å². The van der Waals surface area contributed by atoms with Crippen LogP contribution in [0.25, 0.3) is 0 Å². The molecule has 136 valence electrons. The SMILES string of the molecule is CCCN(CCc1ccc(OC)cc1)CCc1ccc(Cl)c(OC)c1. The first-order chi connectivity index (χ1) is 12.2. The van der Waals surface area contributed by atoms with E-state index in [9.17, 15) is 0 Å². The molecule has 2 aromatic carbocycles. The van der Waals surface area contributed by atoms with Crippen molar-refractivity contribution in [2.75, 3.05) is 33.9 Å². The Morgan fingerprint density at radius 3 is 2.08 bits per heavy atom. The zero-order valence-electron chi connectivity index (χ0n) is 15.4. The summed E-state index contributed by atoms with van der Waals surface area (Å²) in [5.74, 6) is 1.66. The molecule has 0 unspecified atom stereocenters. The topological polar surface area (TPSA) is 21.7 Å². The Hall–Kier alpha value is -1.71. The fourth-order valence-electron chi connectivity index (χ4n) is 2.88. The number of nitrogens with zero attached hydrogens (tertiary/aromatic N) is 1. The molecule has 2 rings (SSSR count). The Bertz CT molecular complexity index is 643. The molecule has 3 nitrogen and oxygen atoms in total. The van der Waals surface area contributed by atoms with Gasteiger partial charge in [-0.1, -0.05) is 36.7 Å². The van der Waals surface area contributed by atoms with Crippen molar-refractivity contribution in [2.45, 2.75) is 26.2 Å². The number of hydrogen-bond acceptors (Lipinski definition) is 3. The first-order valence-corrected chi connectivity index (χ1v) is 9.21. The van der Waals surface area contributed by atoms with Crippen molar-refractivity contribution in [3.8, 4) is 11.5 Å². The van der Waals surface area contributed by atoms with E-state index in [4.69, 9.17) is 21.1 Å². The smallest absolute Gasteiger partial charge is 0.137 e. The highest BCUT2D eigenvalue weighted by Gasteiger charge is 2.07. The Kier molecular flexibility index (Phi) is 8.10. The second-order valence-electron chi connectivity index (χ2n) is 6.16. The molecule has 0 atom stereocenters. The first kappa shape index (κ1) is 19.6. The van der Waals surface area contributed by atoms with Crippen LogP contribution in [0.15, 0.2) is 42.5 Å². The van der Waals surface area contributed by atoms with Gasteiger partial charge in [-0.2, -0.15) is 0 Å². The Balaban J connectivity index is 1.89. The highest BCUT2D eigenvalue weighted by molar-refractivity contribution is 6.32. The van der Waals surface area contributed by atoms with E-state index in [1.54, 1.807) is 14.2 Å². The summed E-state index contributed by atoms with van der Waals surface area (Å²) in [4.78, 5) is 2.52. The van der Waals surface area contributed by atoms with E-state index in [1.165, 1.54) is 11.1 Å². The molecule has 0 saturated carbocycles. The van der Waals surface area contributed by atoms with E-state index in [1.807, 2.05) is 24.3 Å². The van der Waals surface area contributed by atoms with E-state index in [2.05, 4.69) is 30.0 Å². The summed E-state index contributed by atoms with van der Waals surface area (Å²) in [5.41, 5.74) is 2.60. The minimum atomic E-state index is 0.663. The van der Waals surface area contributed by atoms with Crippen molar-refractivity contribution in [3.63, 3.8) is 0 Å². The summed E-state index contributed by atoms with van der Waals surface area (Å²) >= 11 is 6.10. The number of benzene rings is 2.